The zero-order valence-electron chi connectivity index (χ0n) is 13.2. The lowest BCUT2D eigenvalue weighted by Crippen LogP contribution is -2.34. The highest BCUT2D eigenvalue weighted by Gasteiger charge is 2.12. The van der Waals surface area contributed by atoms with E-state index in [4.69, 9.17) is 0 Å². The van der Waals surface area contributed by atoms with E-state index in [0.29, 0.717) is 5.56 Å². The van der Waals surface area contributed by atoms with Crippen LogP contribution in [0.25, 0.3) is 0 Å². The Labute approximate surface area is 156 Å². The molecular formula is C16H13BrN4O5. The zero-order chi connectivity index (χ0) is 19.1. The first kappa shape index (κ1) is 19.1. The van der Waals surface area contributed by atoms with Gasteiger partial charge in [0.05, 0.1) is 17.7 Å². The number of nitrogens with one attached hydrogen (secondary N) is 2. The minimum atomic E-state index is -0.627. The number of nitrogens with zero attached hydrogens (tertiary/aromatic N) is 2. The Kier molecular flexibility index (Phi) is 6.39. The molecule has 0 heterocycles. The number of hydrogen-bond donors (Lipinski definition) is 3. The van der Waals surface area contributed by atoms with Crippen LogP contribution in [0.15, 0.2) is 52.0 Å². The van der Waals surface area contributed by atoms with Gasteiger partial charge in [0.25, 0.3) is 17.5 Å². The van der Waals surface area contributed by atoms with Crippen molar-refractivity contribution in [3.8, 4) is 5.75 Å². The van der Waals surface area contributed by atoms with Crippen molar-refractivity contribution in [3.05, 3.63) is 68.2 Å². The number of carbonyl (C=O) groups is 2. The fourth-order valence-electron chi connectivity index (χ4n) is 1.87. The Bertz CT molecular complexity index is 885. The van der Waals surface area contributed by atoms with Crippen LogP contribution in [0.5, 0.6) is 5.75 Å². The second kappa shape index (κ2) is 8.72. The van der Waals surface area contributed by atoms with E-state index in [1.807, 2.05) is 0 Å². The standard InChI is InChI=1S/C16H13BrN4O5/c17-12-4-5-14(22)11(6-12)8-19-20-15(23)9-18-16(24)10-2-1-3-13(7-10)21(25)26/h1-8,22H,9H2,(H,18,24)(H,20,23). The molecule has 0 aliphatic rings. The molecule has 2 amide bonds. The van der Waals surface area contributed by atoms with Gasteiger partial charge in [0, 0.05) is 27.7 Å². The van der Waals surface area contributed by atoms with Gasteiger partial charge in [-0.3, -0.25) is 19.7 Å². The van der Waals surface area contributed by atoms with Crippen LogP contribution < -0.4 is 10.7 Å². The third-order valence-corrected chi connectivity index (χ3v) is 3.60. The van der Waals surface area contributed by atoms with Gasteiger partial charge in [-0.05, 0) is 24.3 Å². The van der Waals surface area contributed by atoms with Gasteiger partial charge in [0.2, 0.25) is 0 Å². The molecule has 0 saturated carbocycles. The van der Waals surface area contributed by atoms with Crippen LogP contribution in [0.3, 0.4) is 0 Å². The summed E-state index contributed by atoms with van der Waals surface area (Å²) in [6.07, 6.45) is 1.25. The third kappa shape index (κ3) is 5.38. The minimum Gasteiger partial charge on any atom is -0.507 e. The summed E-state index contributed by atoms with van der Waals surface area (Å²) in [7, 11) is 0. The highest BCUT2D eigenvalue weighted by Crippen LogP contribution is 2.19. The minimum absolute atomic E-state index is 0.00910. The average molecular weight is 421 g/mol. The fourth-order valence-corrected chi connectivity index (χ4v) is 2.24. The van der Waals surface area contributed by atoms with E-state index in [1.165, 1.54) is 30.5 Å². The monoisotopic (exact) mass is 420 g/mol. The molecule has 0 aliphatic carbocycles. The van der Waals surface area contributed by atoms with Crippen LogP contribution in [0.1, 0.15) is 15.9 Å². The van der Waals surface area contributed by atoms with Gasteiger partial charge in [0.1, 0.15) is 5.75 Å². The molecule has 0 saturated heterocycles. The quantitative estimate of drug-likeness (QED) is 0.372. The second-order valence-corrected chi connectivity index (χ2v) is 5.90. The number of phenolic OH excluding ortho intramolecular Hbond substituents is 1. The highest BCUT2D eigenvalue weighted by atomic mass is 79.9. The first-order chi connectivity index (χ1) is 12.4. The van der Waals surface area contributed by atoms with Crippen molar-refractivity contribution in [1.29, 1.82) is 0 Å². The molecule has 2 aromatic rings. The van der Waals surface area contributed by atoms with Gasteiger partial charge >= 0.3 is 0 Å². The highest BCUT2D eigenvalue weighted by molar-refractivity contribution is 9.10. The summed E-state index contributed by atoms with van der Waals surface area (Å²) in [5.74, 6) is -1.24. The molecule has 0 aliphatic heterocycles. The number of carbonyl (C=O) groups excluding carboxylic acids is 2. The number of nitro benzene ring substituents is 1. The average Bonchev–Trinajstić information content (AvgIpc) is 2.62. The van der Waals surface area contributed by atoms with Gasteiger partial charge < -0.3 is 10.4 Å². The molecular weight excluding hydrogens is 408 g/mol. The lowest BCUT2D eigenvalue weighted by molar-refractivity contribution is -0.384. The van der Waals surface area contributed by atoms with Gasteiger partial charge in [-0.15, -0.1) is 0 Å². The molecule has 2 rings (SSSR count). The fraction of sp³-hybridized carbons (Fsp3) is 0.0625. The van der Waals surface area contributed by atoms with Crippen LogP contribution >= 0.6 is 15.9 Å². The van der Waals surface area contributed by atoms with Crippen molar-refractivity contribution in [2.24, 2.45) is 5.10 Å². The number of aromatic hydroxyl groups is 1. The molecule has 26 heavy (non-hydrogen) atoms. The number of benzene rings is 2. The van der Waals surface area contributed by atoms with Crippen LogP contribution in [0, 0.1) is 10.1 Å². The lowest BCUT2D eigenvalue weighted by atomic mass is 10.2. The Morgan fingerprint density at radius 3 is 2.77 bits per heavy atom. The second-order valence-electron chi connectivity index (χ2n) is 4.99. The smallest absolute Gasteiger partial charge is 0.270 e. The predicted octanol–water partition coefficient (Wildman–Crippen LogP) is 1.94. The van der Waals surface area contributed by atoms with Crippen LogP contribution in [0.4, 0.5) is 5.69 Å². The van der Waals surface area contributed by atoms with Gasteiger partial charge in [-0.2, -0.15) is 5.10 Å². The number of halogens is 1. The molecule has 3 N–H and O–H groups in total. The molecule has 0 atom stereocenters. The van der Waals surface area contributed by atoms with Crippen molar-refractivity contribution in [3.63, 3.8) is 0 Å². The summed E-state index contributed by atoms with van der Waals surface area (Å²) in [5.41, 5.74) is 2.43. The van der Waals surface area contributed by atoms with Crippen molar-refractivity contribution in [2.75, 3.05) is 6.54 Å². The van der Waals surface area contributed by atoms with E-state index in [9.17, 15) is 24.8 Å². The summed E-state index contributed by atoms with van der Waals surface area (Å²) in [6.45, 7) is -0.372. The van der Waals surface area contributed by atoms with Crippen molar-refractivity contribution < 1.29 is 19.6 Å². The summed E-state index contributed by atoms with van der Waals surface area (Å²) >= 11 is 3.24. The molecule has 0 radical (unpaired) electrons. The number of hydrogen-bond acceptors (Lipinski definition) is 6. The van der Waals surface area contributed by atoms with Gasteiger partial charge in [-0.1, -0.05) is 22.0 Å². The number of amides is 2. The largest absolute Gasteiger partial charge is 0.507 e. The Morgan fingerprint density at radius 2 is 2.04 bits per heavy atom. The maximum atomic E-state index is 11.9. The van der Waals surface area contributed by atoms with E-state index in [1.54, 1.807) is 12.1 Å². The topological polar surface area (TPSA) is 134 Å². The first-order valence-corrected chi connectivity index (χ1v) is 7.99. The Balaban J connectivity index is 1.87. The molecule has 0 fully saturated rings. The zero-order valence-corrected chi connectivity index (χ0v) is 14.8. The number of nitro groups is 1. The lowest BCUT2D eigenvalue weighted by Gasteiger charge is -2.04. The molecule has 0 unspecified atom stereocenters. The van der Waals surface area contributed by atoms with E-state index in [0.717, 1.165) is 10.5 Å². The maximum Gasteiger partial charge on any atom is 0.270 e. The van der Waals surface area contributed by atoms with E-state index in [-0.39, 0.29) is 23.5 Å². The summed E-state index contributed by atoms with van der Waals surface area (Å²) in [4.78, 5) is 33.7. The van der Waals surface area contributed by atoms with Crippen LogP contribution in [-0.2, 0) is 4.79 Å². The van der Waals surface area contributed by atoms with Gasteiger partial charge in [0.15, 0.2) is 0 Å². The van der Waals surface area contributed by atoms with Crippen LogP contribution in [0.2, 0.25) is 0 Å². The summed E-state index contributed by atoms with van der Waals surface area (Å²) in [5, 5.41) is 26.3. The molecule has 2 aromatic carbocycles. The van der Waals surface area contributed by atoms with Crippen molar-refractivity contribution >= 4 is 39.6 Å². The molecule has 10 heteroatoms. The first-order valence-electron chi connectivity index (χ1n) is 7.20. The van der Waals surface area contributed by atoms with Gasteiger partial charge in [-0.25, -0.2) is 5.43 Å². The van der Waals surface area contributed by atoms with E-state index in [2.05, 4.69) is 31.8 Å². The SMILES string of the molecule is O=C(CNC(=O)c1cccc([N+](=O)[O-])c1)NN=Cc1cc(Br)ccc1O. The molecule has 134 valence electrons. The van der Waals surface area contributed by atoms with E-state index >= 15 is 0 Å². The predicted molar refractivity (Wildman–Crippen MR) is 97.0 cm³/mol. The number of non-ortho nitro benzene ring substituents is 1. The van der Waals surface area contributed by atoms with Crippen LogP contribution in [-0.4, -0.2) is 34.6 Å². The van der Waals surface area contributed by atoms with E-state index < -0.39 is 16.7 Å². The Hall–Kier alpha value is -3.27. The molecule has 0 bridgehead atoms. The molecule has 9 nitrogen and oxygen atoms in total. The van der Waals surface area contributed by atoms with Crippen molar-refractivity contribution in [1.82, 2.24) is 10.7 Å². The molecule has 0 aromatic heterocycles. The Morgan fingerprint density at radius 1 is 1.27 bits per heavy atom. The maximum absolute atomic E-state index is 11.9. The third-order valence-electron chi connectivity index (χ3n) is 3.11. The summed E-state index contributed by atoms with van der Waals surface area (Å²) in [6, 6.07) is 9.86. The van der Waals surface area contributed by atoms with Crippen molar-refractivity contribution in [2.45, 2.75) is 0 Å². The molecule has 0 spiro atoms. The normalized spacial score (nSPS) is 10.5. The summed E-state index contributed by atoms with van der Waals surface area (Å²) < 4.78 is 0.729. The number of phenols is 1. The number of hydrazone groups is 1. The number of rotatable bonds is 6.